The highest BCUT2D eigenvalue weighted by molar-refractivity contribution is 6.18. The number of alkyl halides is 1. The Labute approximate surface area is 68.4 Å². The zero-order chi connectivity index (χ0) is 7.40. The molecule has 1 atom stereocenters. The molecule has 1 heterocycles. The van der Waals surface area contributed by atoms with Crippen LogP contribution >= 0.6 is 11.6 Å². The second-order valence-electron chi connectivity index (χ2n) is 3.06. The van der Waals surface area contributed by atoms with Gasteiger partial charge in [-0.15, -0.1) is 11.6 Å². The fourth-order valence-electron chi connectivity index (χ4n) is 1.56. The van der Waals surface area contributed by atoms with E-state index < -0.39 is 0 Å². The molecule has 0 amide bonds. The van der Waals surface area contributed by atoms with Gasteiger partial charge in [-0.3, -0.25) is 0 Å². The van der Waals surface area contributed by atoms with Gasteiger partial charge < -0.3 is 4.90 Å². The van der Waals surface area contributed by atoms with Gasteiger partial charge in [-0.25, -0.2) is 0 Å². The monoisotopic (exact) mass is 161 g/mol. The Balaban J connectivity index is 2.25. The van der Waals surface area contributed by atoms with Crippen molar-refractivity contribution in [3.05, 3.63) is 0 Å². The lowest BCUT2D eigenvalue weighted by Gasteiger charge is -2.30. The first-order chi connectivity index (χ1) is 4.86. The molecule has 1 saturated heterocycles. The van der Waals surface area contributed by atoms with Crippen molar-refractivity contribution in [1.82, 2.24) is 4.90 Å². The molecule has 1 aliphatic heterocycles. The van der Waals surface area contributed by atoms with Crippen LogP contribution in [0.2, 0.25) is 0 Å². The molecule has 0 aromatic rings. The van der Waals surface area contributed by atoms with Crippen LogP contribution in [0, 0.1) is 5.92 Å². The first-order valence-electron chi connectivity index (χ1n) is 4.15. The van der Waals surface area contributed by atoms with Gasteiger partial charge >= 0.3 is 0 Å². The van der Waals surface area contributed by atoms with Gasteiger partial charge in [0, 0.05) is 12.4 Å². The summed E-state index contributed by atoms with van der Waals surface area (Å²) in [7, 11) is 0. The Morgan fingerprint density at radius 3 is 3.00 bits per heavy atom. The van der Waals surface area contributed by atoms with Crippen molar-refractivity contribution in [1.29, 1.82) is 0 Å². The summed E-state index contributed by atoms with van der Waals surface area (Å²) < 4.78 is 0. The normalized spacial score (nSPS) is 28.8. The minimum Gasteiger partial charge on any atom is -0.303 e. The first-order valence-corrected chi connectivity index (χ1v) is 4.68. The van der Waals surface area contributed by atoms with Gasteiger partial charge in [0.25, 0.3) is 0 Å². The number of likely N-dealkylation sites (tertiary alicyclic amines) is 1. The van der Waals surface area contributed by atoms with Gasteiger partial charge in [0.15, 0.2) is 0 Å². The van der Waals surface area contributed by atoms with E-state index in [4.69, 9.17) is 11.6 Å². The summed E-state index contributed by atoms with van der Waals surface area (Å²) in [5.41, 5.74) is 0. The second-order valence-corrected chi connectivity index (χ2v) is 3.36. The number of rotatable bonds is 2. The number of piperidine rings is 1. The average Bonchev–Trinajstić information content (AvgIpc) is 2.05. The lowest BCUT2D eigenvalue weighted by atomic mass is 10.0. The smallest absolute Gasteiger partial charge is 0.0263 e. The molecule has 0 radical (unpaired) electrons. The summed E-state index contributed by atoms with van der Waals surface area (Å²) in [6.45, 7) is 5.91. The van der Waals surface area contributed by atoms with Crippen molar-refractivity contribution in [2.75, 3.05) is 25.5 Å². The summed E-state index contributed by atoms with van der Waals surface area (Å²) in [5, 5.41) is 0. The average molecular weight is 162 g/mol. The third-order valence-electron chi connectivity index (χ3n) is 2.27. The molecule has 0 N–H and O–H groups in total. The first kappa shape index (κ1) is 8.35. The van der Waals surface area contributed by atoms with Gasteiger partial charge in [-0.2, -0.15) is 0 Å². The van der Waals surface area contributed by atoms with E-state index in [2.05, 4.69) is 11.8 Å². The van der Waals surface area contributed by atoms with Gasteiger partial charge in [-0.05, 0) is 31.8 Å². The summed E-state index contributed by atoms with van der Waals surface area (Å²) in [6, 6.07) is 0. The molecule has 1 aliphatic rings. The third kappa shape index (κ3) is 2.14. The topological polar surface area (TPSA) is 3.24 Å². The van der Waals surface area contributed by atoms with E-state index >= 15 is 0 Å². The molecule has 10 heavy (non-hydrogen) atoms. The Morgan fingerprint density at radius 1 is 1.60 bits per heavy atom. The maximum atomic E-state index is 5.78. The quantitative estimate of drug-likeness (QED) is 0.560. The lowest BCUT2D eigenvalue weighted by Crippen LogP contribution is -2.35. The highest BCUT2D eigenvalue weighted by Crippen LogP contribution is 2.16. The number of halogens is 1. The molecule has 1 fully saturated rings. The number of hydrogen-bond acceptors (Lipinski definition) is 1. The van der Waals surface area contributed by atoms with Crippen LogP contribution in [0.1, 0.15) is 19.8 Å². The predicted molar refractivity (Wildman–Crippen MR) is 45.6 cm³/mol. The molecule has 0 saturated carbocycles. The summed E-state index contributed by atoms with van der Waals surface area (Å²) in [5.74, 6) is 1.60. The maximum absolute atomic E-state index is 5.78. The second kappa shape index (κ2) is 4.20. The van der Waals surface area contributed by atoms with Gasteiger partial charge in [0.2, 0.25) is 0 Å². The predicted octanol–water partition coefficient (Wildman–Crippen LogP) is 1.96. The van der Waals surface area contributed by atoms with E-state index in [0.717, 1.165) is 11.8 Å². The molecule has 2 heteroatoms. The number of nitrogens with zero attached hydrogens (tertiary/aromatic N) is 1. The van der Waals surface area contributed by atoms with Crippen molar-refractivity contribution < 1.29 is 0 Å². The zero-order valence-electron chi connectivity index (χ0n) is 6.65. The molecule has 1 unspecified atom stereocenters. The molecular weight excluding hydrogens is 146 g/mol. The summed E-state index contributed by atoms with van der Waals surface area (Å²) in [4.78, 5) is 2.48. The minimum atomic E-state index is 0.760. The van der Waals surface area contributed by atoms with E-state index in [0.29, 0.717) is 0 Å². The van der Waals surface area contributed by atoms with E-state index in [-0.39, 0.29) is 0 Å². The van der Waals surface area contributed by atoms with E-state index in [1.807, 2.05) is 0 Å². The highest BCUT2D eigenvalue weighted by Gasteiger charge is 2.16. The van der Waals surface area contributed by atoms with Crippen LogP contribution in [0.25, 0.3) is 0 Å². The van der Waals surface area contributed by atoms with Gasteiger partial charge in [-0.1, -0.05) is 6.92 Å². The van der Waals surface area contributed by atoms with Crippen LogP contribution < -0.4 is 0 Å². The van der Waals surface area contributed by atoms with Crippen LogP contribution in [-0.4, -0.2) is 30.4 Å². The van der Waals surface area contributed by atoms with E-state index in [9.17, 15) is 0 Å². The maximum Gasteiger partial charge on any atom is 0.0263 e. The van der Waals surface area contributed by atoms with Crippen molar-refractivity contribution >= 4 is 11.6 Å². The van der Waals surface area contributed by atoms with Crippen LogP contribution in [0.3, 0.4) is 0 Å². The molecule has 0 aromatic heterocycles. The van der Waals surface area contributed by atoms with Crippen LogP contribution in [-0.2, 0) is 0 Å². The third-order valence-corrected chi connectivity index (χ3v) is 2.70. The van der Waals surface area contributed by atoms with E-state index in [1.54, 1.807) is 0 Å². The van der Waals surface area contributed by atoms with Crippen LogP contribution in [0.4, 0.5) is 0 Å². The molecule has 0 aromatic carbocycles. The Kier molecular flexibility index (Phi) is 3.50. The standard InChI is InChI=1S/C8H16ClN/c1-2-10-5-3-4-8(6-9)7-10/h8H,2-7H2,1H3. The Bertz CT molecular complexity index is 85.3. The highest BCUT2D eigenvalue weighted by atomic mass is 35.5. The Morgan fingerprint density at radius 2 is 2.40 bits per heavy atom. The van der Waals surface area contributed by atoms with Gasteiger partial charge in [0.05, 0.1) is 0 Å². The van der Waals surface area contributed by atoms with Crippen molar-refractivity contribution in [2.45, 2.75) is 19.8 Å². The molecule has 0 bridgehead atoms. The van der Waals surface area contributed by atoms with Gasteiger partial charge in [0.1, 0.15) is 0 Å². The van der Waals surface area contributed by atoms with Crippen molar-refractivity contribution in [2.24, 2.45) is 5.92 Å². The number of hydrogen-bond donors (Lipinski definition) is 0. The molecular formula is C8H16ClN. The Hall–Kier alpha value is 0.250. The van der Waals surface area contributed by atoms with Crippen LogP contribution in [0.15, 0.2) is 0 Å². The van der Waals surface area contributed by atoms with Crippen molar-refractivity contribution in [3.8, 4) is 0 Å². The van der Waals surface area contributed by atoms with E-state index in [1.165, 1.54) is 32.5 Å². The molecule has 0 spiro atoms. The minimum absolute atomic E-state index is 0.760. The largest absolute Gasteiger partial charge is 0.303 e. The molecule has 60 valence electrons. The zero-order valence-corrected chi connectivity index (χ0v) is 7.40. The van der Waals surface area contributed by atoms with Crippen LogP contribution in [0.5, 0.6) is 0 Å². The SMILES string of the molecule is CCN1CCCC(CCl)C1. The molecule has 1 rings (SSSR count). The fraction of sp³-hybridized carbons (Fsp3) is 1.00. The molecule has 1 nitrogen and oxygen atoms in total. The summed E-state index contributed by atoms with van der Waals surface area (Å²) >= 11 is 5.78. The molecule has 0 aliphatic carbocycles. The van der Waals surface area contributed by atoms with Crippen molar-refractivity contribution in [3.63, 3.8) is 0 Å². The lowest BCUT2D eigenvalue weighted by molar-refractivity contribution is 0.194. The fourth-order valence-corrected chi connectivity index (χ4v) is 1.82. The summed E-state index contributed by atoms with van der Waals surface area (Å²) in [6.07, 6.45) is 2.67.